The average Bonchev–Trinajstić information content (AvgIpc) is 2.67. The molecule has 0 spiro atoms. The van der Waals surface area contributed by atoms with Gasteiger partial charge in [-0.05, 0) is 25.0 Å². The molecule has 1 aromatic heterocycles. The first-order valence-electron chi connectivity index (χ1n) is 6.44. The maximum Gasteiger partial charge on any atom is 0.152 e. The highest BCUT2D eigenvalue weighted by molar-refractivity contribution is 6.34. The van der Waals surface area contributed by atoms with Crippen LogP contribution >= 0.6 is 11.6 Å². The number of para-hydroxylation sites is 1. The van der Waals surface area contributed by atoms with Gasteiger partial charge in [0.25, 0.3) is 0 Å². The second-order valence-electron chi connectivity index (χ2n) is 4.99. The summed E-state index contributed by atoms with van der Waals surface area (Å²) in [4.78, 5) is 11.7. The summed E-state index contributed by atoms with van der Waals surface area (Å²) in [6, 6.07) is 7.77. The van der Waals surface area contributed by atoms with Crippen molar-refractivity contribution in [2.45, 2.75) is 38.0 Å². The van der Waals surface area contributed by atoms with E-state index in [4.69, 9.17) is 16.0 Å². The van der Waals surface area contributed by atoms with Crippen molar-refractivity contribution in [2.75, 3.05) is 0 Å². The van der Waals surface area contributed by atoms with Crippen LogP contribution in [0.25, 0.3) is 11.0 Å². The molecule has 0 radical (unpaired) electrons. The van der Waals surface area contributed by atoms with Gasteiger partial charge in [0.05, 0.1) is 5.02 Å². The first kappa shape index (κ1) is 11.8. The number of carbonyl (C=O) groups is 1. The van der Waals surface area contributed by atoms with Gasteiger partial charge in [0.15, 0.2) is 5.58 Å². The molecule has 0 aliphatic heterocycles. The molecule has 1 aromatic carbocycles. The Morgan fingerprint density at radius 2 is 2.17 bits per heavy atom. The highest BCUT2D eigenvalue weighted by Gasteiger charge is 2.22. The third-order valence-corrected chi connectivity index (χ3v) is 3.95. The molecular formula is C15H15ClO2. The topological polar surface area (TPSA) is 30.2 Å². The van der Waals surface area contributed by atoms with Crippen LogP contribution < -0.4 is 0 Å². The van der Waals surface area contributed by atoms with Crippen LogP contribution in [0, 0.1) is 0 Å². The zero-order valence-electron chi connectivity index (χ0n) is 10.1. The van der Waals surface area contributed by atoms with E-state index in [9.17, 15) is 4.79 Å². The van der Waals surface area contributed by atoms with Gasteiger partial charge in [-0.15, -0.1) is 0 Å². The normalized spacial score (nSPS) is 21.2. The highest BCUT2D eigenvalue weighted by Crippen LogP contribution is 2.35. The first-order chi connectivity index (χ1) is 8.74. The summed E-state index contributed by atoms with van der Waals surface area (Å²) in [5, 5.41) is 1.66. The number of carbonyl (C=O) groups excluding carboxylic acids is 1. The fraction of sp³-hybridized carbons (Fsp3) is 0.400. The number of hydrogen-bond donors (Lipinski definition) is 0. The van der Waals surface area contributed by atoms with Crippen LogP contribution in [0.1, 0.15) is 43.8 Å². The van der Waals surface area contributed by atoms with Crippen molar-refractivity contribution in [1.29, 1.82) is 0 Å². The fourth-order valence-corrected chi connectivity index (χ4v) is 2.90. The molecule has 0 N–H and O–H groups in total. The van der Waals surface area contributed by atoms with Gasteiger partial charge in [-0.3, -0.25) is 4.79 Å². The summed E-state index contributed by atoms with van der Waals surface area (Å²) >= 11 is 6.11. The lowest BCUT2D eigenvalue weighted by Crippen LogP contribution is -2.02. The van der Waals surface area contributed by atoms with Crippen molar-refractivity contribution in [3.8, 4) is 0 Å². The molecule has 18 heavy (non-hydrogen) atoms. The molecule has 0 amide bonds. The largest absolute Gasteiger partial charge is 0.459 e. The standard InChI is InChI=1S/C15H15ClO2/c16-13-7-3-5-11-9-14(18-15(11)13)10-4-1-2-6-12(17)8-10/h3,5,7,9-10H,1-2,4,6,8H2. The molecule has 3 heteroatoms. The average molecular weight is 263 g/mol. The minimum Gasteiger partial charge on any atom is -0.459 e. The van der Waals surface area contributed by atoms with Crippen LogP contribution in [0.5, 0.6) is 0 Å². The minimum absolute atomic E-state index is 0.225. The minimum atomic E-state index is 0.225. The lowest BCUT2D eigenvalue weighted by molar-refractivity contribution is -0.119. The van der Waals surface area contributed by atoms with Gasteiger partial charge >= 0.3 is 0 Å². The molecule has 2 nitrogen and oxygen atoms in total. The van der Waals surface area contributed by atoms with Gasteiger partial charge in [-0.2, -0.15) is 0 Å². The van der Waals surface area contributed by atoms with Gasteiger partial charge in [-0.25, -0.2) is 0 Å². The van der Waals surface area contributed by atoms with Crippen molar-refractivity contribution in [3.63, 3.8) is 0 Å². The zero-order chi connectivity index (χ0) is 12.5. The van der Waals surface area contributed by atoms with Crippen LogP contribution in [-0.4, -0.2) is 5.78 Å². The molecule has 1 aliphatic rings. The lowest BCUT2D eigenvalue weighted by atomic mass is 9.97. The maximum atomic E-state index is 11.7. The molecule has 94 valence electrons. The molecule has 0 bridgehead atoms. The van der Waals surface area contributed by atoms with Gasteiger partial charge in [0, 0.05) is 24.1 Å². The number of furan rings is 1. The Hall–Kier alpha value is -1.28. The van der Waals surface area contributed by atoms with E-state index in [2.05, 4.69) is 0 Å². The Morgan fingerprint density at radius 1 is 1.28 bits per heavy atom. The van der Waals surface area contributed by atoms with Gasteiger partial charge in [0.1, 0.15) is 11.5 Å². The molecule has 1 heterocycles. The van der Waals surface area contributed by atoms with E-state index in [1.807, 2.05) is 24.3 Å². The summed E-state index contributed by atoms with van der Waals surface area (Å²) in [7, 11) is 0. The van der Waals surface area contributed by atoms with Gasteiger partial charge < -0.3 is 4.42 Å². The molecule has 0 saturated heterocycles. The van der Waals surface area contributed by atoms with Crippen LogP contribution in [0.2, 0.25) is 5.02 Å². The summed E-state index contributed by atoms with van der Waals surface area (Å²) in [6.45, 7) is 0. The molecule has 1 unspecified atom stereocenters. The van der Waals surface area contributed by atoms with E-state index in [-0.39, 0.29) is 5.92 Å². The number of Topliss-reactive ketones (excluding diaryl/α,β-unsaturated/α-hetero) is 1. The second kappa shape index (κ2) is 4.77. The molecule has 1 atom stereocenters. The predicted octanol–water partition coefficient (Wildman–Crippen LogP) is 4.70. The zero-order valence-corrected chi connectivity index (χ0v) is 10.9. The number of ketones is 1. The van der Waals surface area contributed by atoms with Crippen molar-refractivity contribution < 1.29 is 9.21 Å². The molecule has 1 saturated carbocycles. The summed E-state index contributed by atoms with van der Waals surface area (Å²) in [5.41, 5.74) is 0.742. The number of fused-ring (bicyclic) bond motifs is 1. The Morgan fingerprint density at radius 3 is 3.00 bits per heavy atom. The van der Waals surface area contributed by atoms with Crippen molar-refractivity contribution in [2.24, 2.45) is 0 Å². The molecule has 3 rings (SSSR count). The Bertz CT molecular complexity index is 585. The van der Waals surface area contributed by atoms with Crippen molar-refractivity contribution in [1.82, 2.24) is 0 Å². The SMILES string of the molecule is O=C1CCCCC(c2cc3cccc(Cl)c3o2)C1. The van der Waals surface area contributed by atoms with E-state index >= 15 is 0 Å². The molecule has 2 aromatic rings. The summed E-state index contributed by atoms with van der Waals surface area (Å²) in [5.74, 6) is 1.49. The molecule has 1 fully saturated rings. The number of benzene rings is 1. The maximum absolute atomic E-state index is 11.7. The van der Waals surface area contributed by atoms with E-state index in [1.54, 1.807) is 0 Å². The van der Waals surface area contributed by atoms with Crippen LogP contribution in [0.4, 0.5) is 0 Å². The number of hydrogen-bond acceptors (Lipinski definition) is 2. The number of halogens is 1. The third-order valence-electron chi connectivity index (χ3n) is 3.65. The fourth-order valence-electron chi connectivity index (χ4n) is 2.68. The lowest BCUT2D eigenvalue weighted by Gasteiger charge is -2.09. The predicted molar refractivity (Wildman–Crippen MR) is 72.1 cm³/mol. The van der Waals surface area contributed by atoms with Crippen molar-refractivity contribution >= 4 is 28.4 Å². The Labute approximate surface area is 111 Å². The van der Waals surface area contributed by atoms with Crippen LogP contribution in [0.15, 0.2) is 28.7 Å². The number of rotatable bonds is 1. The van der Waals surface area contributed by atoms with Crippen LogP contribution in [0.3, 0.4) is 0 Å². The van der Waals surface area contributed by atoms with E-state index in [0.29, 0.717) is 17.2 Å². The Balaban J connectivity index is 1.98. The Kier molecular flexibility index (Phi) is 3.13. The second-order valence-corrected chi connectivity index (χ2v) is 5.40. The van der Waals surface area contributed by atoms with E-state index < -0.39 is 0 Å². The van der Waals surface area contributed by atoms with E-state index in [0.717, 1.165) is 42.4 Å². The van der Waals surface area contributed by atoms with Gasteiger partial charge in [0.2, 0.25) is 0 Å². The summed E-state index contributed by atoms with van der Waals surface area (Å²) < 4.78 is 5.86. The quantitative estimate of drug-likeness (QED) is 0.697. The van der Waals surface area contributed by atoms with Gasteiger partial charge in [-0.1, -0.05) is 30.2 Å². The summed E-state index contributed by atoms with van der Waals surface area (Å²) in [6.07, 6.45) is 4.47. The van der Waals surface area contributed by atoms with Crippen molar-refractivity contribution in [3.05, 3.63) is 35.0 Å². The van der Waals surface area contributed by atoms with E-state index in [1.165, 1.54) is 0 Å². The smallest absolute Gasteiger partial charge is 0.152 e. The van der Waals surface area contributed by atoms with Crippen LogP contribution in [-0.2, 0) is 4.79 Å². The third kappa shape index (κ3) is 2.17. The highest BCUT2D eigenvalue weighted by atomic mass is 35.5. The monoisotopic (exact) mass is 262 g/mol. The molecular weight excluding hydrogens is 248 g/mol. The molecule has 1 aliphatic carbocycles. The first-order valence-corrected chi connectivity index (χ1v) is 6.81.